The third-order valence-corrected chi connectivity index (χ3v) is 3.73. The normalized spacial score (nSPS) is 14.4. The predicted molar refractivity (Wildman–Crippen MR) is 76.5 cm³/mol. The minimum Gasteiger partial charge on any atom is -0.343 e. The van der Waals surface area contributed by atoms with Crippen LogP contribution in [0, 0.1) is 0 Å². The highest BCUT2D eigenvalue weighted by Gasteiger charge is 2.29. The molecule has 0 radical (unpaired) electrons. The van der Waals surface area contributed by atoms with Gasteiger partial charge in [-0.25, -0.2) is 4.98 Å². The van der Waals surface area contributed by atoms with Crippen LogP contribution in [0.15, 0.2) is 29.1 Å². The van der Waals surface area contributed by atoms with E-state index in [9.17, 15) is 9.59 Å². The van der Waals surface area contributed by atoms with Crippen molar-refractivity contribution in [2.24, 2.45) is 0 Å². The molecule has 0 atom stereocenters. The van der Waals surface area contributed by atoms with E-state index in [-0.39, 0.29) is 11.5 Å². The van der Waals surface area contributed by atoms with Gasteiger partial charge in [0.25, 0.3) is 5.56 Å². The van der Waals surface area contributed by atoms with E-state index in [4.69, 9.17) is 0 Å². The molecule has 0 spiro atoms. The summed E-state index contributed by atoms with van der Waals surface area (Å²) in [5.74, 6) is 0.0851. The molecule has 1 aromatic heterocycles. The lowest BCUT2D eigenvalue weighted by atomic mass is 10.2. The highest BCUT2D eigenvalue weighted by molar-refractivity contribution is 5.77. The Morgan fingerprint density at radius 3 is 2.90 bits per heavy atom. The van der Waals surface area contributed by atoms with E-state index in [1.165, 1.54) is 0 Å². The van der Waals surface area contributed by atoms with Crippen LogP contribution >= 0.6 is 0 Å². The van der Waals surface area contributed by atoms with Crippen molar-refractivity contribution in [3.8, 4) is 0 Å². The molecule has 20 heavy (non-hydrogen) atoms. The van der Waals surface area contributed by atoms with Crippen molar-refractivity contribution in [3.05, 3.63) is 40.3 Å². The first-order valence-corrected chi connectivity index (χ1v) is 6.89. The number of hydrogen-bond acceptors (Lipinski definition) is 3. The van der Waals surface area contributed by atoms with E-state index in [1.54, 1.807) is 4.90 Å². The number of fused-ring (bicyclic) bond motifs is 1. The van der Waals surface area contributed by atoms with Gasteiger partial charge in [0, 0.05) is 25.9 Å². The summed E-state index contributed by atoms with van der Waals surface area (Å²) in [5.41, 5.74) is 1.71. The van der Waals surface area contributed by atoms with Gasteiger partial charge in [-0.15, -0.1) is 0 Å². The van der Waals surface area contributed by atoms with Crippen LogP contribution in [0.1, 0.15) is 25.0 Å². The predicted octanol–water partition coefficient (Wildman–Crippen LogP) is 1.48. The second kappa shape index (κ2) is 5.07. The highest BCUT2D eigenvalue weighted by atomic mass is 16.2. The summed E-state index contributed by atoms with van der Waals surface area (Å²) in [7, 11) is 1.83. The molecule has 1 N–H and O–H groups in total. The van der Waals surface area contributed by atoms with Gasteiger partial charge in [-0.3, -0.25) is 9.59 Å². The number of benzene rings is 1. The average Bonchev–Trinajstić information content (AvgIpc) is 3.28. The number of amides is 1. The maximum atomic E-state index is 12.0. The summed E-state index contributed by atoms with van der Waals surface area (Å²) in [6.45, 7) is 0. The minimum absolute atomic E-state index is 0.0851. The maximum absolute atomic E-state index is 12.0. The Morgan fingerprint density at radius 2 is 2.15 bits per heavy atom. The Bertz CT molecular complexity index is 704. The first kappa shape index (κ1) is 12.8. The number of carbonyl (C=O) groups excluding carboxylic acids is 1. The van der Waals surface area contributed by atoms with Crippen molar-refractivity contribution in [1.29, 1.82) is 0 Å². The molecule has 0 unspecified atom stereocenters. The molecule has 3 rings (SSSR count). The van der Waals surface area contributed by atoms with Gasteiger partial charge in [0.2, 0.25) is 5.91 Å². The van der Waals surface area contributed by atoms with Crippen LogP contribution in [0.25, 0.3) is 11.0 Å². The van der Waals surface area contributed by atoms with Crippen molar-refractivity contribution < 1.29 is 4.79 Å². The molecule has 104 valence electrons. The lowest BCUT2D eigenvalue weighted by Crippen LogP contribution is -2.29. The van der Waals surface area contributed by atoms with E-state index in [1.807, 2.05) is 31.3 Å². The molecule has 1 saturated carbocycles. The molecule has 5 nitrogen and oxygen atoms in total. The van der Waals surface area contributed by atoms with Gasteiger partial charge in [0.05, 0.1) is 11.0 Å². The summed E-state index contributed by atoms with van der Waals surface area (Å²) in [6.07, 6.45) is 2.91. The number of aromatic nitrogens is 2. The quantitative estimate of drug-likeness (QED) is 0.916. The summed E-state index contributed by atoms with van der Waals surface area (Å²) in [6, 6.07) is 7.81. The smallest absolute Gasteiger partial charge is 0.270 e. The van der Waals surface area contributed by atoms with E-state index >= 15 is 0 Å². The second-order valence-electron chi connectivity index (χ2n) is 5.27. The third kappa shape index (κ3) is 2.57. The Kier molecular flexibility index (Phi) is 3.26. The Balaban J connectivity index is 1.75. The van der Waals surface area contributed by atoms with Crippen LogP contribution in [0.4, 0.5) is 0 Å². The van der Waals surface area contributed by atoms with Crippen LogP contribution in [-0.4, -0.2) is 33.9 Å². The number of rotatable bonds is 4. The summed E-state index contributed by atoms with van der Waals surface area (Å²) in [4.78, 5) is 32.8. The summed E-state index contributed by atoms with van der Waals surface area (Å²) in [5, 5.41) is 0. The zero-order valence-corrected chi connectivity index (χ0v) is 11.4. The van der Waals surface area contributed by atoms with Gasteiger partial charge < -0.3 is 9.88 Å². The van der Waals surface area contributed by atoms with Gasteiger partial charge in [0.1, 0.15) is 5.69 Å². The molecule has 1 aliphatic rings. The number of carbonyl (C=O) groups is 1. The minimum atomic E-state index is -0.203. The van der Waals surface area contributed by atoms with Gasteiger partial charge in [-0.05, 0) is 25.0 Å². The number of aryl methyl sites for hydroxylation is 1. The molecule has 2 aromatic rings. The van der Waals surface area contributed by atoms with Gasteiger partial charge in [-0.1, -0.05) is 12.1 Å². The molecule has 1 heterocycles. The van der Waals surface area contributed by atoms with Crippen molar-refractivity contribution in [3.63, 3.8) is 0 Å². The topological polar surface area (TPSA) is 66.1 Å². The van der Waals surface area contributed by atoms with Crippen LogP contribution in [0.3, 0.4) is 0 Å². The zero-order valence-electron chi connectivity index (χ0n) is 11.4. The Hall–Kier alpha value is -2.17. The maximum Gasteiger partial charge on any atom is 0.270 e. The average molecular weight is 271 g/mol. The van der Waals surface area contributed by atoms with E-state index < -0.39 is 0 Å². The van der Waals surface area contributed by atoms with Crippen molar-refractivity contribution >= 4 is 16.9 Å². The Morgan fingerprint density at radius 1 is 1.40 bits per heavy atom. The SMILES string of the molecule is CN(C(=O)CCc1nc2ccccc2[nH]c1=O)C1CC1. The zero-order chi connectivity index (χ0) is 14.1. The number of hydrogen-bond donors (Lipinski definition) is 1. The van der Waals surface area contributed by atoms with Gasteiger partial charge in [-0.2, -0.15) is 0 Å². The fourth-order valence-corrected chi connectivity index (χ4v) is 2.30. The fourth-order valence-electron chi connectivity index (χ4n) is 2.30. The number of nitrogens with zero attached hydrogens (tertiary/aromatic N) is 2. The van der Waals surface area contributed by atoms with Crippen LogP contribution in [0.5, 0.6) is 0 Å². The molecule has 5 heteroatoms. The van der Waals surface area contributed by atoms with Crippen LogP contribution in [-0.2, 0) is 11.2 Å². The summed E-state index contributed by atoms with van der Waals surface area (Å²) < 4.78 is 0. The largest absolute Gasteiger partial charge is 0.343 e. The Labute approximate surface area is 116 Å². The third-order valence-electron chi connectivity index (χ3n) is 3.73. The highest BCUT2D eigenvalue weighted by Crippen LogP contribution is 2.25. The molecule has 1 aromatic carbocycles. The van der Waals surface area contributed by atoms with Crippen LogP contribution in [0.2, 0.25) is 0 Å². The molecule has 0 bridgehead atoms. The van der Waals surface area contributed by atoms with Gasteiger partial charge in [0.15, 0.2) is 0 Å². The first-order chi connectivity index (χ1) is 9.65. The van der Waals surface area contributed by atoms with E-state index in [0.29, 0.717) is 24.6 Å². The fraction of sp³-hybridized carbons (Fsp3) is 0.400. The number of nitrogens with one attached hydrogen (secondary N) is 1. The molecule has 1 aliphatic carbocycles. The van der Waals surface area contributed by atoms with Crippen LogP contribution < -0.4 is 5.56 Å². The van der Waals surface area contributed by atoms with Crippen molar-refractivity contribution in [1.82, 2.24) is 14.9 Å². The number of H-pyrrole nitrogens is 1. The number of para-hydroxylation sites is 2. The summed E-state index contributed by atoms with van der Waals surface area (Å²) >= 11 is 0. The first-order valence-electron chi connectivity index (χ1n) is 6.89. The van der Waals surface area contributed by atoms with E-state index in [2.05, 4.69) is 9.97 Å². The second-order valence-corrected chi connectivity index (χ2v) is 5.27. The molecule has 0 saturated heterocycles. The van der Waals surface area contributed by atoms with E-state index in [0.717, 1.165) is 23.9 Å². The molecule has 1 fully saturated rings. The monoisotopic (exact) mass is 271 g/mol. The molecular weight excluding hydrogens is 254 g/mol. The lowest BCUT2D eigenvalue weighted by Gasteiger charge is -2.15. The standard InChI is InChI=1S/C15H17N3O2/c1-18(10-6-7-10)14(19)9-8-13-15(20)17-12-5-3-2-4-11(12)16-13/h2-5,10H,6-9H2,1H3,(H,17,20). The number of aromatic amines is 1. The lowest BCUT2D eigenvalue weighted by molar-refractivity contribution is -0.130. The molecular formula is C15H17N3O2. The van der Waals surface area contributed by atoms with Crippen molar-refractivity contribution in [2.45, 2.75) is 31.7 Å². The van der Waals surface area contributed by atoms with Crippen molar-refractivity contribution in [2.75, 3.05) is 7.05 Å². The molecule has 1 amide bonds. The van der Waals surface area contributed by atoms with Gasteiger partial charge >= 0.3 is 0 Å². The molecule has 0 aliphatic heterocycles.